The molecular formula is C16H18N2O3. The van der Waals surface area contributed by atoms with Crippen molar-refractivity contribution >= 4 is 17.7 Å². The normalized spacial score (nSPS) is 24.5. The Bertz CT molecular complexity index is 582. The van der Waals surface area contributed by atoms with Gasteiger partial charge in [0, 0.05) is 18.9 Å². The SMILES string of the molecule is CCOC(=O)C1N=C2CCC(c3ccccc3)CN2C1=O. The summed E-state index contributed by atoms with van der Waals surface area (Å²) in [4.78, 5) is 30.0. The summed E-state index contributed by atoms with van der Waals surface area (Å²) in [5, 5.41) is 0. The molecule has 1 aromatic rings. The second-order valence-corrected chi connectivity index (χ2v) is 5.30. The molecule has 0 spiro atoms. The Labute approximate surface area is 123 Å². The van der Waals surface area contributed by atoms with Crippen LogP contribution in [0.15, 0.2) is 35.3 Å². The van der Waals surface area contributed by atoms with E-state index in [9.17, 15) is 9.59 Å². The number of carbonyl (C=O) groups excluding carboxylic acids is 2. The highest BCUT2D eigenvalue weighted by atomic mass is 16.5. The third-order valence-electron chi connectivity index (χ3n) is 3.99. The Morgan fingerprint density at radius 1 is 1.38 bits per heavy atom. The van der Waals surface area contributed by atoms with Crippen LogP contribution < -0.4 is 0 Å². The van der Waals surface area contributed by atoms with Gasteiger partial charge >= 0.3 is 5.97 Å². The quantitative estimate of drug-likeness (QED) is 0.628. The molecule has 1 saturated heterocycles. The summed E-state index contributed by atoms with van der Waals surface area (Å²) in [7, 11) is 0. The van der Waals surface area contributed by atoms with Crippen LogP contribution >= 0.6 is 0 Å². The van der Waals surface area contributed by atoms with E-state index in [0.29, 0.717) is 12.5 Å². The first-order chi connectivity index (χ1) is 10.2. The molecule has 2 aliphatic rings. The van der Waals surface area contributed by atoms with E-state index in [2.05, 4.69) is 17.1 Å². The van der Waals surface area contributed by atoms with Crippen LogP contribution in [0.4, 0.5) is 0 Å². The highest BCUT2D eigenvalue weighted by Crippen LogP contribution is 2.31. The maximum Gasteiger partial charge on any atom is 0.340 e. The average Bonchev–Trinajstić information content (AvgIpc) is 2.85. The maximum atomic E-state index is 12.3. The number of esters is 1. The lowest BCUT2D eigenvalue weighted by molar-refractivity contribution is -0.148. The molecule has 2 unspecified atom stereocenters. The van der Waals surface area contributed by atoms with Crippen LogP contribution in [0.2, 0.25) is 0 Å². The van der Waals surface area contributed by atoms with E-state index in [1.54, 1.807) is 11.8 Å². The summed E-state index contributed by atoms with van der Waals surface area (Å²) in [5.74, 6) is 0.241. The number of piperidine rings is 1. The van der Waals surface area contributed by atoms with Crippen LogP contribution in [0, 0.1) is 0 Å². The largest absolute Gasteiger partial charge is 0.464 e. The zero-order valence-electron chi connectivity index (χ0n) is 12.0. The van der Waals surface area contributed by atoms with Crippen molar-refractivity contribution in [2.75, 3.05) is 13.2 Å². The zero-order chi connectivity index (χ0) is 14.8. The molecule has 2 heterocycles. The van der Waals surface area contributed by atoms with E-state index in [-0.39, 0.29) is 12.5 Å². The summed E-state index contributed by atoms with van der Waals surface area (Å²) in [6.07, 6.45) is 1.67. The number of amides is 1. The molecule has 5 heteroatoms. The molecule has 2 atom stereocenters. The third kappa shape index (κ3) is 2.55. The van der Waals surface area contributed by atoms with E-state index in [4.69, 9.17) is 4.74 Å². The number of rotatable bonds is 3. The van der Waals surface area contributed by atoms with Crippen LogP contribution in [-0.4, -0.2) is 41.8 Å². The Morgan fingerprint density at radius 3 is 2.86 bits per heavy atom. The van der Waals surface area contributed by atoms with Crippen LogP contribution in [0.1, 0.15) is 31.2 Å². The van der Waals surface area contributed by atoms with Gasteiger partial charge in [-0.15, -0.1) is 0 Å². The summed E-state index contributed by atoms with van der Waals surface area (Å²) >= 11 is 0. The monoisotopic (exact) mass is 286 g/mol. The molecule has 3 rings (SSSR count). The number of fused-ring (bicyclic) bond motifs is 1. The summed E-state index contributed by atoms with van der Waals surface area (Å²) in [5.41, 5.74) is 1.23. The summed E-state index contributed by atoms with van der Waals surface area (Å²) < 4.78 is 4.92. The molecule has 0 N–H and O–H groups in total. The first-order valence-electron chi connectivity index (χ1n) is 7.30. The van der Waals surface area contributed by atoms with Crippen molar-refractivity contribution in [1.29, 1.82) is 0 Å². The summed E-state index contributed by atoms with van der Waals surface area (Å²) in [6, 6.07) is 9.16. The maximum absolute atomic E-state index is 12.3. The van der Waals surface area contributed by atoms with Crippen LogP contribution in [0.3, 0.4) is 0 Å². The first-order valence-corrected chi connectivity index (χ1v) is 7.30. The number of aliphatic imine (C=N–C) groups is 1. The molecule has 110 valence electrons. The predicted molar refractivity (Wildman–Crippen MR) is 78.0 cm³/mol. The fraction of sp³-hybridized carbons (Fsp3) is 0.438. The van der Waals surface area contributed by atoms with Gasteiger partial charge in [-0.2, -0.15) is 0 Å². The van der Waals surface area contributed by atoms with E-state index in [1.165, 1.54) is 5.56 Å². The zero-order valence-corrected chi connectivity index (χ0v) is 12.0. The third-order valence-corrected chi connectivity index (χ3v) is 3.99. The van der Waals surface area contributed by atoms with Crippen molar-refractivity contribution in [2.45, 2.75) is 31.7 Å². The molecule has 21 heavy (non-hydrogen) atoms. The number of benzene rings is 1. The predicted octanol–water partition coefficient (Wildman–Crippen LogP) is 1.74. The second-order valence-electron chi connectivity index (χ2n) is 5.30. The number of nitrogens with zero attached hydrogens (tertiary/aromatic N) is 2. The van der Waals surface area contributed by atoms with Crippen LogP contribution in [0.25, 0.3) is 0 Å². The number of ether oxygens (including phenoxy) is 1. The lowest BCUT2D eigenvalue weighted by Crippen LogP contribution is -2.43. The van der Waals surface area contributed by atoms with Gasteiger partial charge < -0.3 is 4.74 Å². The van der Waals surface area contributed by atoms with Gasteiger partial charge in [-0.3, -0.25) is 9.69 Å². The summed E-state index contributed by atoms with van der Waals surface area (Å²) in [6.45, 7) is 2.58. The molecule has 2 aliphatic heterocycles. The minimum Gasteiger partial charge on any atom is -0.464 e. The van der Waals surface area contributed by atoms with Gasteiger partial charge in [-0.1, -0.05) is 30.3 Å². The minimum atomic E-state index is -0.991. The Morgan fingerprint density at radius 2 is 2.14 bits per heavy atom. The molecule has 1 aromatic carbocycles. The van der Waals surface area contributed by atoms with Gasteiger partial charge in [0.15, 0.2) is 0 Å². The highest BCUT2D eigenvalue weighted by molar-refractivity contribution is 6.15. The fourth-order valence-electron chi connectivity index (χ4n) is 2.93. The van der Waals surface area contributed by atoms with Gasteiger partial charge in [0.25, 0.3) is 5.91 Å². The first kappa shape index (κ1) is 13.8. The van der Waals surface area contributed by atoms with Crippen molar-refractivity contribution < 1.29 is 14.3 Å². The molecule has 1 amide bonds. The molecule has 5 nitrogen and oxygen atoms in total. The second kappa shape index (κ2) is 5.68. The fourth-order valence-corrected chi connectivity index (χ4v) is 2.93. The van der Waals surface area contributed by atoms with Gasteiger partial charge in [-0.25, -0.2) is 9.79 Å². The van der Waals surface area contributed by atoms with Crippen molar-refractivity contribution in [1.82, 2.24) is 4.90 Å². The van der Waals surface area contributed by atoms with Crippen molar-refractivity contribution in [3.05, 3.63) is 35.9 Å². The number of hydrogen-bond donors (Lipinski definition) is 0. The molecule has 1 fully saturated rings. The molecule has 0 aromatic heterocycles. The topological polar surface area (TPSA) is 59.0 Å². The van der Waals surface area contributed by atoms with Crippen molar-refractivity contribution in [3.63, 3.8) is 0 Å². The van der Waals surface area contributed by atoms with E-state index < -0.39 is 12.0 Å². The van der Waals surface area contributed by atoms with E-state index in [0.717, 1.165) is 18.7 Å². The average molecular weight is 286 g/mol. The van der Waals surface area contributed by atoms with Crippen molar-refractivity contribution in [3.8, 4) is 0 Å². The van der Waals surface area contributed by atoms with Gasteiger partial charge in [0.1, 0.15) is 5.84 Å². The van der Waals surface area contributed by atoms with Crippen LogP contribution in [0.5, 0.6) is 0 Å². The molecule has 0 radical (unpaired) electrons. The minimum absolute atomic E-state index is 0.246. The highest BCUT2D eigenvalue weighted by Gasteiger charge is 2.42. The van der Waals surface area contributed by atoms with Gasteiger partial charge in [0.05, 0.1) is 6.61 Å². The molecule has 0 aliphatic carbocycles. The van der Waals surface area contributed by atoms with Gasteiger partial charge in [-0.05, 0) is 18.9 Å². The number of carbonyl (C=O) groups is 2. The lowest BCUT2D eigenvalue weighted by atomic mass is 9.90. The number of amidine groups is 1. The van der Waals surface area contributed by atoms with E-state index in [1.807, 2.05) is 18.2 Å². The Kier molecular flexibility index (Phi) is 3.73. The van der Waals surface area contributed by atoms with E-state index >= 15 is 0 Å². The number of hydrogen-bond acceptors (Lipinski definition) is 4. The Balaban J connectivity index is 1.75. The smallest absolute Gasteiger partial charge is 0.340 e. The van der Waals surface area contributed by atoms with Gasteiger partial charge in [0.2, 0.25) is 6.04 Å². The van der Waals surface area contributed by atoms with Crippen molar-refractivity contribution in [2.24, 2.45) is 4.99 Å². The Hall–Kier alpha value is -2.17. The van der Waals surface area contributed by atoms with Crippen LogP contribution in [-0.2, 0) is 14.3 Å². The standard InChI is InChI=1S/C16H18N2O3/c1-2-21-16(20)14-15(19)18-10-12(8-9-13(18)17-14)11-6-4-3-5-7-11/h3-7,12,14H,2,8-10H2,1H3. The molecule has 0 bridgehead atoms. The molecular weight excluding hydrogens is 268 g/mol. The molecule has 0 saturated carbocycles. The lowest BCUT2D eigenvalue weighted by Gasteiger charge is -2.30.